The van der Waals surface area contributed by atoms with Gasteiger partial charge in [0.15, 0.2) is 6.10 Å². The number of carbonyl (C=O) groups is 1. The van der Waals surface area contributed by atoms with E-state index in [-0.39, 0.29) is 5.75 Å². The summed E-state index contributed by atoms with van der Waals surface area (Å²) < 4.78 is 42.9. The number of nitriles is 1. The van der Waals surface area contributed by atoms with E-state index in [0.717, 1.165) is 31.4 Å². The highest BCUT2D eigenvalue weighted by Crippen LogP contribution is 2.31. The van der Waals surface area contributed by atoms with Crippen LogP contribution >= 0.6 is 0 Å². The topological polar surface area (TPSA) is 62.1 Å². The first-order valence-corrected chi connectivity index (χ1v) is 7.83. The van der Waals surface area contributed by atoms with E-state index >= 15 is 0 Å². The summed E-state index contributed by atoms with van der Waals surface area (Å²) in [6.45, 7) is 1.50. The van der Waals surface area contributed by atoms with Crippen molar-refractivity contribution in [3.8, 4) is 11.8 Å². The Balaban J connectivity index is 1.97. The summed E-state index contributed by atoms with van der Waals surface area (Å²) in [7, 11) is 0. The van der Waals surface area contributed by atoms with Gasteiger partial charge in [-0.3, -0.25) is 4.79 Å². The molecule has 0 heterocycles. The summed E-state index contributed by atoms with van der Waals surface area (Å²) in [6, 6.07) is 6.33. The van der Waals surface area contributed by atoms with Crippen LogP contribution in [-0.4, -0.2) is 17.6 Å². The second kappa shape index (κ2) is 7.12. The Kier molecular flexibility index (Phi) is 5.37. The second-order valence-electron chi connectivity index (χ2n) is 6.03. The van der Waals surface area contributed by atoms with Crippen molar-refractivity contribution in [1.29, 1.82) is 5.26 Å². The molecule has 4 nitrogen and oxygen atoms in total. The van der Waals surface area contributed by atoms with Crippen molar-refractivity contribution < 1.29 is 22.7 Å². The Morgan fingerprint density at radius 3 is 2.33 bits per heavy atom. The largest absolute Gasteiger partial charge is 0.481 e. The van der Waals surface area contributed by atoms with Crippen LogP contribution in [0.5, 0.6) is 5.75 Å². The molecule has 130 valence electrons. The lowest BCUT2D eigenvalue weighted by Crippen LogP contribution is -2.52. The van der Waals surface area contributed by atoms with E-state index in [1.165, 1.54) is 19.1 Å². The fourth-order valence-corrected chi connectivity index (χ4v) is 2.74. The van der Waals surface area contributed by atoms with E-state index < -0.39 is 29.3 Å². The molecule has 1 N–H and O–H groups in total. The van der Waals surface area contributed by atoms with Gasteiger partial charge in [0.05, 0.1) is 11.6 Å². The molecule has 0 radical (unpaired) electrons. The maximum Gasteiger partial charge on any atom is 0.416 e. The van der Waals surface area contributed by atoms with E-state index in [2.05, 4.69) is 11.4 Å². The van der Waals surface area contributed by atoms with Gasteiger partial charge in [-0.25, -0.2) is 0 Å². The summed E-state index contributed by atoms with van der Waals surface area (Å²) in [5.74, 6) is -0.279. The number of benzene rings is 1. The highest BCUT2D eigenvalue weighted by molar-refractivity contribution is 5.82. The molecule has 7 heteroatoms. The summed E-state index contributed by atoms with van der Waals surface area (Å²) in [6.07, 6.45) is -1.33. The Morgan fingerprint density at radius 2 is 1.83 bits per heavy atom. The molecule has 2 rings (SSSR count). The molecule has 0 saturated heterocycles. The van der Waals surface area contributed by atoms with E-state index in [0.29, 0.717) is 12.8 Å². The highest BCUT2D eigenvalue weighted by Gasteiger charge is 2.35. The lowest BCUT2D eigenvalue weighted by molar-refractivity contribution is -0.137. The van der Waals surface area contributed by atoms with Crippen LogP contribution < -0.4 is 10.1 Å². The van der Waals surface area contributed by atoms with Crippen molar-refractivity contribution in [3.05, 3.63) is 29.8 Å². The van der Waals surface area contributed by atoms with Crippen molar-refractivity contribution >= 4 is 5.91 Å². The first kappa shape index (κ1) is 18.1. The molecule has 1 amide bonds. The van der Waals surface area contributed by atoms with Gasteiger partial charge in [0.25, 0.3) is 5.91 Å². The third-order valence-electron chi connectivity index (χ3n) is 4.15. The Hall–Kier alpha value is -2.23. The molecule has 1 aromatic rings. The van der Waals surface area contributed by atoms with Crippen molar-refractivity contribution in [2.45, 2.75) is 56.8 Å². The Bertz CT molecular complexity index is 614. The van der Waals surface area contributed by atoms with E-state index in [1.54, 1.807) is 0 Å². The molecule has 0 unspecified atom stereocenters. The number of halogens is 3. The van der Waals surface area contributed by atoms with Crippen LogP contribution in [0.2, 0.25) is 0 Å². The molecule has 0 aromatic heterocycles. The van der Waals surface area contributed by atoms with Gasteiger partial charge >= 0.3 is 6.18 Å². The maximum atomic E-state index is 12.5. The minimum atomic E-state index is -4.42. The highest BCUT2D eigenvalue weighted by atomic mass is 19.4. The molecule has 1 fully saturated rings. The van der Waals surface area contributed by atoms with Gasteiger partial charge in [-0.1, -0.05) is 19.3 Å². The van der Waals surface area contributed by atoms with Crippen molar-refractivity contribution in [2.24, 2.45) is 0 Å². The van der Waals surface area contributed by atoms with Gasteiger partial charge in [-0.2, -0.15) is 18.4 Å². The predicted molar refractivity (Wildman–Crippen MR) is 81.1 cm³/mol. The van der Waals surface area contributed by atoms with Crippen LogP contribution in [-0.2, 0) is 11.0 Å². The second-order valence-corrected chi connectivity index (χ2v) is 6.03. The number of rotatable bonds is 4. The number of amides is 1. The summed E-state index contributed by atoms with van der Waals surface area (Å²) in [5.41, 5.74) is -1.65. The number of nitrogens with one attached hydrogen (secondary N) is 1. The third-order valence-corrected chi connectivity index (χ3v) is 4.15. The van der Waals surface area contributed by atoms with E-state index in [9.17, 15) is 23.2 Å². The molecular formula is C17H19F3N2O2. The number of alkyl halides is 3. The van der Waals surface area contributed by atoms with Crippen LogP contribution in [0.25, 0.3) is 0 Å². The minimum Gasteiger partial charge on any atom is -0.481 e. The Labute approximate surface area is 138 Å². The molecule has 24 heavy (non-hydrogen) atoms. The normalized spacial score (nSPS) is 18.3. The smallest absolute Gasteiger partial charge is 0.416 e. The maximum absolute atomic E-state index is 12.5. The third kappa shape index (κ3) is 4.40. The average molecular weight is 340 g/mol. The molecule has 1 atom stereocenters. The van der Waals surface area contributed by atoms with Gasteiger partial charge in [0.1, 0.15) is 11.3 Å². The van der Waals surface area contributed by atoms with Gasteiger partial charge in [-0.05, 0) is 44.0 Å². The van der Waals surface area contributed by atoms with Gasteiger partial charge in [0, 0.05) is 0 Å². The van der Waals surface area contributed by atoms with Crippen LogP contribution in [0.15, 0.2) is 24.3 Å². The van der Waals surface area contributed by atoms with Gasteiger partial charge in [0.2, 0.25) is 0 Å². The molecule has 0 aliphatic heterocycles. The zero-order valence-electron chi connectivity index (χ0n) is 13.3. The van der Waals surface area contributed by atoms with Crippen molar-refractivity contribution in [2.75, 3.05) is 0 Å². The zero-order valence-corrected chi connectivity index (χ0v) is 13.3. The molecule has 0 bridgehead atoms. The quantitative estimate of drug-likeness (QED) is 0.906. The fraction of sp³-hybridized carbons (Fsp3) is 0.529. The van der Waals surface area contributed by atoms with Crippen LogP contribution in [0.3, 0.4) is 0 Å². The minimum absolute atomic E-state index is 0.167. The lowest BCUT2D eigenvalue weighted by atomic mass is 9.83. The first-order valence-electron chi connectivity index (χ1n) is 7.83. The van der Waals surface area contributed by atoms with Gasteiger partial charge < -0.3 is 10.1 Å². The number of ether oxygens (including phenoxy) is 1. The van der Waals surface area contributed by atoms with E-state index in [1.807, 2.05) is 0 Å². The molecule has 1 aromatic carbocycles. The molecule has 1 saturated carbocycles. The zero-order chi connectivity index (χ0) is 17.8. The van der Waals surface area contributed by atoms with Gasteiger partial charge in [-0.15, -0.1) is 0 Å². The average Bonchev–Trinajstić information content (AvgIpc) is 2.55. The summed E-state index contributed by atoms with van der Waals surface area (Å²) in [5, 5.41) is 12.1. The standard InChI is InChI=1S/C17H19F3N2O2/c1-12(15(23)22-16(11-21)9-3-2-4-10-16)24-14-7-5-13(6-8-14)17(18,19)20/h5-8,12H,2-4,9-10H2,1H3,(H,22,23)/t12-/m1/s1. The number of hydrogen-bond donors (Lipinski definition) is 1. The van der Waals surface area contributed by atoms with E-state index in [4.69, 9.17) is 4.74 Å². The molecule has 1 aliphatic carbocycles. The van der Waals surface area contributed by atoms with Crippen LogP contribution in [0, 0.1) is 11.3 Å². The number of nitrogens with zero attached hydrogens (tertiary/aromatic N) is 1. The van der Waals surface area contributed by atoms with Crippen LogP contribution in [0.1, 0.15) is 44.6 Å². The molecule has 1 aliphatic rings. The SMILES string of the molecule is C[C@@H](Oc1ccc(C(F)(F)F)cc1)C(=O)NC1(C#N)CCCCC1. The van der Waals surface area contributed by atoms with Crippen molar-refractivity contribution in [3.63, 3.8) is 0 Å². The first-order chi connectivity index (χ1) is 11.3. The summed E-state index contributed by atoms with van der Waals surface area (Å²) >= 11 is 0. The number of carbonyl (C=O) groups excluding carboxylic acids is 1. The lowest BCUT2D eigenvalue weighted by Gasteiger charge is -2.32. The number of hydrogen-bond acceptors (Lipinski definition) is 3. The predicted octanol–water partition coefficient (Wildman–Crippen LogP) is 3.82. The molecule has 0 spiro atoms. The monoisotopic (exact) mass is 340 g/mol. The van der Waals surface area contributed by atoms with Crippen LogP contribution in [0.4, 0.5) is 13.2 Å². The Morgan fingerprint density at radius 1 is 1.25 bits per heavy atom. The van der Waals surface area contributed by atoms with Crippen molar-refractivity contribution in [1.82, 2.24) is 5.32 Å². The summed E-state index contributed by atoms with van der Waals surface area (Å²) in [4.78, 5) is 12.2. The molecular weight excluding hydrogens is 321 g/mol. The fourth-order valence-electron chi connectivity index (χ4n) is 2.74.